The zero-order valence-electron chi connectivity index (χ0n) is 13.8. The van der Waals surface area contributed by atoms with E-state index in [1.165, 1.54) is 0 Å². The molecule has 1 atom stereocenters. The van der Waals surface area contributed by atoms with E-state index in [2.05, 4.69) is 26.1 Å². The fourth-order valence-corrected chi connectivity index (χ4v) is 3.54. The molecule has 6 heteroatoms. The molecule has 0 saturated carbocycles. The van der Waals surface area contributed by atoms with Gasteiger partial charge in [0.1, 0.15) is 0 Å². The topological polar surface area (TPSA) is 24.5 Å². The number of anilines is 1. The predicted octanol–water partition coefficient (Wildman–Crippen LogP) is 5.48. The van der Waals surface area contributed by atoms with Gasteiger partial charge in [0.05, 0.1) is 6.10 Å². The molecule has 0 bridgehead atoms. The Hall–Kier alpha value is -1.14. The molecule has 2 aromatic rings. The zero-order valence-corrected chi connectivity index (χ0v) is 16.9. The highest BCUT2D eigenvalue weighted by Crippen LogP contribution is 2.21. The molecule has 0 spiro atoms. The number of benzene rings is 2. The fraction of sp³-hybridized carbons (Fsp3) is 0.316. The van der Waals surface area contributed by atoms with Crippen molar-refractivity contribution in [3.05, 3.63) is 63.6 Å². The van der Waals surface area contributed by atoms with Crippen LogP contribution in [-0.4, -0.2) is 29.3 Å². The van der Waals surface area contributed by atoms with Gasteiger partial charge in [-0.1, -0.05) is 45.7 Å². The molecule has 3 rings (SSSR count). The molecule has 1 saturated heterocycles. The highest BCUT2D eigenvalue weighted by Gasteiger charge is 2.21. The highest BCUT2D eigenvalue weighted by molar-refractivity contribution is 9.10. The maximum absolute atomic E-state index is 6.34. The maximum Gasteiger partial charge on any atom is 0.173 e. The van der Waals surface area contributed by atoms with Crippen molar-refractivity contribution in [2.75, 3.05) is 18.5 Å². The second kappa shape index (κ2) is 8.99. The van der Waals surface area contributed by atoms with Crippen molar-refractivity contribution in [1.82, 2.24) is 4.90 Å². The van der Waals surface area contributed by atoms with Crippen LogP contribution in [0.5, 0.6) is 0 Å². The first-order valence-corrected chi connectivity index (χ1v) is 9.86. The van der Waals surface area contributed by atoms with Crippen LogP contribution >= 0.6 is 39.7 Å². The molecule has 0 radical (unpaired) electrons. The first-order chi connectivity index (χ1) is 12.1. The number of thiocarbonyl (C=S) groups is 1. The Labute approximate surface area is 167 Å². The van der Waals surface area contributed by atoms with Crippen molar-refractivity contribution in [2.45, 2.75) is 25.5 Å². The van der Waals surface area contributed by atoms with Gasteiger partial charge in [-0.05, 0) is 61.0 Å². The zero-order chi connectivity index (χ0) is 17.6. The van der Waals surface area contributed by atoms with Crippen molar-refractivity contribution in [2.24, 2.45) is 0 Å². The summed E-state index contributed by atoms with van der Waals surface area (Å²) in [7, 11) is 0. The second-order valence-electron chi connectivity index (χ2n) is 6.04. The molecule has 3 nitrogen and oxygen atoms in total. The van der Waals surface area contributed by atoms with E-state index in [0.29, 0.717) is 11.7 Å². The minimum Gasteiger partial charge on any atom is -0.376 e. The molecule has 2 aromatic carbocycles. The number of nitrogens with one attached hydrogen (secondary N) is 1. The summed E-state index contributed by atoms with van der Waals surface area (Å²) in [5.41, 5.74) is 2.02. The summed E-state index contributed by atoms with van der Waals surface area (Å²) in [6.07, 6.45) is 2.39. The molecule has 1 fully saturated rings. The average Bonchev–Trinajstić information content (AvgIpc) is 3.11. The summed E-state index contributed by atoms with van der Waals surface area (Å²) < 4.78 is 6.84. The fourth-order valence-electron chi connectivity index (χ4n) is 2.82. The molecule has 0 amide bonds. The molecule has 132 valence electrons. The lowest BCUT2D eigenvalue weighted by molar-refractivity contribution is 0.0905. The van der Waals surface area contributed by atoms with Crippen molar-refractivity contribution in [3.63, 3.8) is 0 Å². The number of ether oxygens (including phenoxy) is 1. The number of rotatable bonds is 5. The summed E-state index contributed by atoms with van der Waals surface area (Å²) in [6, 6.07) is 15.9. The largest absolute Gasteiger partial charge is 0.376 e. The monoisotopic (exact) mass is 438 g/mol. The van der Waals surface area contributed by atoms with Gasteiger partial charge in [-0.15, -0.1) is 0 Å². The highest BCUT2D eigenvalue weighted by atomic mass is 79.9. The summed E-state index contributed by atoms with van der Waals surface area (Å²) in [4.78, 5) is 2.13. The normalized spacial score (nSPS) is 16.6. The number of hydrogen-bond donors (Lipinski definition) is 1. The second-order valence-corrected chi connectivity index (χ2v) is 7.75. The minimum atomic E-state index is 0.215. The van der Waals surface area contributed by atoms with Crippen LogP contribution < -0.4 is 5.32 Å². The van der Waals surface area contributed by atoms with E-state index < -0.39 is 0 Å². The molecule has 1 unspecified atom stereocenters. The van der Waals surface area contributed by atoms with Crippen LogP contribution in [0.1, 0.15) is 18.4 Å². The average molecular weight is 440 g/mol. The Morgan fingerprint density at radius 1 is 1.24 bits per heavy atom. The van der Waals surface area contributed by atoms with E-state index in [4.69, 9.17) is 28.6 Å². The van der Waals surface area contributed by atoms with Crippen LogP contribution in [0.2, 0.25) is 5.02 Å². The van der Waals surface area contributed by atoms with Gasteiger partial charge in [0.15, 0.2) is 5.11 Å². The van der Waals surface area contributed by atoms with E-state index in [0.717, 1.165) is 46.7 Å². The van der Waals surface area contributed by atoms with E-state index >= 15 is 0 Å². The third-order valence-electron chi connectivity index (χ3n) is 4.15. The quantitative estimate of drug-likeness (QED) is 0.623. The molecule has 0 aliphatic carbocycles. The van der Waals surface area contributed by atoms with Crippen LogP contribution in [0.15, 0.2) is 53.0 Å². The lowest BCUT2D eigenvalue weighted by Gasteiger charge is -2.28. The van der Waals surface area contributed by atoms with Crippen LogP contribution in [-0.2, 0) is 11.3 Å². The Balaban J connectivity index is 1.73. The molecular weight excluding hydrogens is 420 g/mol. The van der Waals surface area contributed by atoms with Gasteiger partial charge in [0, 0.05) is 34.9 Å². The molecule has 1 N–H and O–H groups in total. The van der Waals surface area contributed by atoms with Crippen molar-refractivity contribution >= 4 is 50.5 Å². The summed E-state index contributed by atoms with van der Waals surface area (Å²) in [5, 5.41) is 4.76. The van der Waals surface area contributed by atoms with E-state index in [9.17, 15) is 0 Å². The van der Waals surface area contributed by atoms with Crippen LogP contribution in [0.25, 0.3) is 0 Å². The number of nitrogens with zero attached hydrogens (tertiary/aromatic N) is 1. The van der Waals surface area contributed by atoms with E-state index in [1.54, 1.807) is 0 Å². The Morgan fingerprint density at radius 3 is 2.68 bits per heavy atom. The molecule has 1 aliphatic rings. The van der Waals surface area contributed by atoms with Gasteiger partial charge < -0.3 is 15.0 Å². The third kappa shape index (κ3) is 5.42. The predicted molar refractivity (Wildman–Crippen MR) is 111 cm³/mol. The summed E-state index contributed by atoms with van der Waals surface area (Å²) in [6.45, 7) is 2.24. The van der Waals surface area contributed by atoms with Gasteiger partial charge in [-0.3, -0.25) is 0 Å². The lowest BCUT2D eigenvalue weighted by atomic mass is 10.2. The van der Waals surface area contributed by atoms with Crippen molar-refractivity contribution in [3.8, 4) is 0 Å². The lowest BCUT2D eigenvalue weighted by Crippen LogP contribution is -2.39. The number of hydrogen-bond acceptors (Lipinski definition) is 2. The van der Waals surface area contributed by atoms with Crippen molar-refractivity contribution < 1.29 is 4.74 Å². The van der Waals surface area contributed by atoms with Gasteiger partial charge in [-0.25, -0.2) is 0 Å². The molecule has 0 aromatic heterocycles. The van der Waals surface area contributed by atoms with E-state index in [-0.39, 0.29) is 6.10 Å². The smallest absolute Gasteiger partial charge is 0.173 e. The maximum atomic E-state index is 6.34. The van der Waals surface area contributed by atoms with Crippen molar-refractivity contribution in [1.29, 1.82) is 0 Å². The Morgan fingerprint density at radius 2 is 2.00 bits per heavy atom. The SMILES string of the molecule is S=C(Nc1ccc(Br)cc1)N(Cc1ccccc1Cl)CC1CCCO1. The van der Waals surface area contributed by atoms with Crippen LogP contribution in [0.4, 0.5) is 5.69 Å². The number of halogens is 2. The van der Waals surface area contributed by atoms with Crippen LogP contribution in [0.3, 0.4) is 0 Å². The van der Waals surface area contributed by atoms with E-state index in [1.807, 2.05) is 48.5 Å². The first kappa shape index (κ1) is 18.6. The molecule has 1 aliphatic heterocycles. The Bertz CT molecular complexity index is 720. The summed E-state index contributed by atoms with van der Waals surface area (Å²) >= 11 is 15.5. The molecular formula is C19H20BrClN2OS. The molecule has 1 heterocycles. The summed E-state index contributed by atoms with van der Waals surface area (Å²) in [5.74, 6) is 0. The van der Waals surface area contributed by atoms with Crippen LogP contribution in [0, 0.1) is 0 Å². The molecule has 25 heavy (non-hydrogen) atoms. The van der Waals surface area contributed by atoms with Gasteiger partial charge in [0.25, 0.3) is 0 Å². The Kier molecular flexibility index (Phi) is 6.70. The first-order valence-electron chi connectivity index (χ1n) is 8.28. The third-order valence-corrected chi connectivity index (χ3v) is 5.41. The van der Waals surface area contributed by atoms with Gasteiger partial charge in [-0.2, -0.15) is 0 Å². The van der Waals surface area contributed by atoms with Gasteiger partial charge in [0.2, 0.25) is 0 Å². The standard InChI is InChI=1S/C19H20BrClN2OS/c20-15-7-9-16(10-8-15)22-19(25)23(13-17-5-3-11-24-17)12-14-4-1-2-6-18(14)21/h1-2,4,6-10,17H,3,5,11-13H2,(H,22,25). The minimum absolute atomic E-state index is 0.215. The van der Waals surface area contributed by atoms with Gasteiger partial charge >= 0.3 is 0 Å².